The Morgan fingerprint density at radius 1 is 1.44 bits per heavy atom. The van der Waals surface area contributed by atoms with Crippen molar-refractivity contribution < 1.29 is 4.74 Å². The van der Waals surface area contributed by atoms with Gasteiger partial charge in [0.15, 0.2) is 5.65 Å². The largest absolute Gasteiger partial charge is 0.371 e. The molecular weight excluding hydrogens is 296 g/mol. The molecule has 2 atom stereocenters. The number of aromatic nitrogens is 3. The van der Waals surface area contributed by atoms with Gasteiger partial charge in [0.25, 0.3) is 0 Å². The van der Waals surface area contributed by atoms with Crippen molar-refractivity contribution in [3.05, 3.63) is 24.5 Å². The molecule has 0 N–H and O–H groups in total. The van der Waals surface area contributed by atoms with Crippen LogP contribution in [0.15, 0.2) is 24.5 Å². The summed E-state index contributed by atoms with van der Waals surface area (Å²) in [5.41, 5.74) is 0.877. The SMILES string of the molecule is CC1CN(c2ccn3nccc3n2)CC(CBr)O1. The Balaban J connectivity index is 1.88. The molecule has 2 unspecified atom stereocenters. The molecule has 96 valence electrons. The van der Waals surface area contributed by atoms with Gasteiger partial charge >= 0.3 is 0 Å². The quantitative estimate of drug-likeness (QED) is 0.792. The molecule has 1 aliphatic heterocycles. The van der Waals surface area contributed by atoms with E-state index in [2.05, 4.69) is 37.8 Å². The monoisotopic (exact) mass is 310 g/mol. The summed E-state index contributed by atoms with van der Waals surface area (Å²) in [4.78, 5) is 6.89. The van der Waals surface area contributed by atoms with Crippen LogP contribution in [-0.4, -0.2) is 45.2 Å². The minimum atomic E-state index is 0.219. The van der Waals surface area contributed by atoms with Crippen LogP contribution < -0.4 is 4.90 Å². The van der Waals surface area contributed by atoms with Crippen molar-refractivity contribution in [3.8, 4) is 0 Å². The molecule has 1 fully saturated rings. The fourth-order valence-corrected chi connectivity index (χ4v) is 2.65. The molecule has 2 aromatic heterocycles. The van der Waals surface area contributed by atoms with Crippen molar-refractivity contribution in [1.82, 2.24) is 14.6 Å². The van der Waals surface area contributed by atoms with Crippen LogP contribution >= 0.6 is 15.9 Å². The molecule has 0 spiro atoms. The Bertz CT molecular complexity index is 544. The number of alkyl halides is 1. The highest BCUT2D eigenvalue weighted by atomic mass is 79.9. The summed E-state index contributed by atoms with van der Waals surface area (Å²) in [7, 11) is 0. The molecule has 0 aromatic carbocycles. The van der Waals surface area contributed by atoms with Crippen molar-refractivity contribution in [3.63, 3.8) is 0 Å². The Morgan fingerprint density at radius 3 is 3.17 bits per heavy atom. The van der Waals surface area contributed by atoms with E-state index in [1.807, 2.05) is 18.3 Å². The summed E-state index contributed by atoms with van der Waals surface area (Å²) < 4.78 is 7.60. The van der Waals surface area contributed by atoms with Gasteiger partial charge in [-0.05, 0) is 13.0 Å². The molecule has 0 aliphatic carbocycles. The Kier molecular flexibility index (Phi) is 3.22. The molecule has 3 rings (SSSR count). The lowest BCUT2D eigenvalue weighted by Gasteiger charge is -2.36. The summed E-state index contributed by atoms with van der Waals surface area (Å²) in [6.45, 7) is 3.84. The second-order valence-electron chi connectivity index (χ2n) is 4.55. The molecule has 18 heavy (non-hydrogen) atoms. The molecule has 6 heteroatoms. The molecule has 0 bridgehead atoms. The first kappa shape index (κ1) is 11.9. The van der Waals surface area contributed by atoms with Crippen LogP contribution in [0.1, 0.15) is 6.92 Å². The molecule has 0 saturated carbocycles. The summed E-state index contributed by atoms with van der Waals surface area (Å²) in [5.74, 6) is 0.990. The lowest BCUT2D eigenvalue weighted by Crippen LogP contribution is -2.47. The number of halogens is 1. The van der Waals surface area contributed by atoms with Gasteiger partial charge in [-0.1, -0.05) is 15.9 Å². The summed E-state index contributed by atoms with van der Waals surface area (Å²) in [5, 5.41) is 5.00. The first-order valence-corrected chi connectivity index (χ1v) is 7.15. The first-order chi connectivity index (χ1) is 8.76. The van der Waals surface area contributed by atoms with Crippen molar-refractivity contribution in [2.24, 2.45) is 0 Å². The van der Waals surface area contributed by atoms with Crippen molar-refractivity contribution in [1.29, 1.82) is 0 Å². The summed E-state index contributed by atoms with van der Waals surface area (Å²) in [6, 6.07) is 3.92. The van der Waals surface area contributed by atoms with Crippen LogP contribution in [0.25, 0.3) is 5.65 Å². The average molecular weight is 311 g/mol. The topological polar surface area (TPSA) is 42.7 Å². The van der Waals surface area contributed by atoms with Gasteiger partial charge in [-0.2, -0.15) is 5.10 Å². The third kappa shape index (κ3) is 2.22. The predicted molar refractivity (Wildman–Crippen MR) is 73.3 cm³/mol. The van der Waals surface area contributed by atoms with E-state index >= 15 is 0 Å². The zero-order chi connectivity index (χ0) is 12.5. The normalized spacial score (nSPS) is 24.7. The minimum Gasteiger partial charge on any atom is -0.371 e. The molecule has 2 aromatic rings. The smallest absolute Gasteiger partial charge is 0.157 e. The van der Waals surface area contributed by atoms with Gasteiger partial charge in [-0.3, -0.25) is 0 Å². The van der Waals surface area contributed by atoms with E-state index < -0.39 is 0 Å². The van der Waals surface area contributed by atoms with Crippen LogP contribution in [0.3, 0.4) is 0 Å². The zero-order valence-electron chi connectivity index (χ0n) is 10.2. The van der Waals surface area contributed by atoms with Gasteiger partial charge in [0.1, 0.15) is 5.82 Å². The van der Waals surface area contributed by atoms with Gasteiger partial charge in [-0.25, -0.2) is 9.50 Å². The first-order valence-electron chi connectivity index (χ1n) is 6.03. The molecule has 5 nitrogen and oxygen atoms in total. The van der Waals surface area contributed by atoms with Crippen LogP contribution in [0, 0.1) is 0 Å². The van der Waals surface area contributed by atoms with Crippen LogP contribution in [0.4, 0.5) is 5.82 Å². The van der Waals surface area contributed by atoms with E-state index in [0.29, 0.717) is 0 Å². The number of hydrogen-bond donors (Lipinski definition) is 0. The van der Waals surface area contributed by atoms with Gasteiger partial charge in [0.2, 0.25) is 0 Å². The Labute approximate surface area is 114 Å². The molecule has 0 radical (unpaired) electrons. The molecule has 1 saturated heterocycles. The number of morpholine rings is 1. The number of rotatable bonds is 2. The van der Waals surface area contributed by atoms with Crippen LogP contribution in [-0.2, 0) is 4.74 Å². The van der Waals surface area contributed by atoms with E-state index in [1.165, 1.54) is 0 Å². The molecular formula is C12H15BrN4O. The minimum absolute atomic E-state index is 0.219. The van der Waals surface area contributed by atoms with Crippen LogP contribution in [0.5, 0.6) is 0 Å². The standard InChI is InChI=1S/C12H15BrN4O/c1-9-7-16(8-10(6-13)18-9)11-3-5-17-12(15-11)2-4-14-17/h2-5,9-10H,6-8H2,1H3. The van der Waals surface area contributed by atoms with Crippen molar-refractivity contribution in [2.75, 3.05) is 23.3 Å². The molecule has 1 aliphatic rings. The Hall–Kier alpha value is -1.14. The fraction of sp³-hybridized carbons (Fsp3) is 0.500. The third-order valence-electron chi connectivity index (χ3n) is 3.07. The second-order valence-corrected chi connectivity index (χ2v) is 5.20. The Morgan fingerprint density at radius 2 is 2.33 bits per heavy atom. The number of anilines is 1. The van der Waals surface area contributed by atoms with Crippen molar-refractivity contribution in [2.45, 2.75) is 19.1 Å². The molecule has 0 amide bonds. The summed E-state index contributed by atoms with van der Waals surface area (Å²) >= 11 is 3.49. The van der Waals surface area contributed by atoms with E-state index in [0.717, 1.165) is 29.9 Å². The third-order valence-corrected chi connectivity index (χ3v) is 3.79. The highest BCUT2D eigenvalue weighted by Crippen LogP contribution is 2.19. The lowest BCUT2D eigenvalue weighted by molar-refractivity contribution is -0.00222. The number of ether oxygens (including phenoxy) is 1. The number of hydrogen-bond acceptors (Lipinski definition) is 4. The van der Waals surface area contributed by atoms with E-state index in [9.17, 15) is 0 Å². The maximum atomic E-state index is 5.83. The fourth-order valence-electron chi connectivity index (χ4n) is 2.30. The maximum absolute atomic E-state index is 5.83. The van der Waals surface area contributed by atoms with Crippen molar-refractivity contribution >= 4 is 27.4 Å². The lowest BCUT2D eigenvalue weighted by atomic mass is 10.2. The highest BCUT2D eigenvalue weighted by Gasteiger charge is 2.25. The van der Waals surface area contributed by atoms with Gasteiger partial charge in [0, 0.05) is 30.7 Å². The van der Waals surface area contributed by atoms with E-state index in [-0.39, 0.29) is 12.2 Å². The average Bonchev–Trinajstić information content (AvgIpc) is 2.85. The number of nitrogens with zero attached hydrogens (tertiary/aromatic N) is 4. The van der Waals surface area contributed by atoms with Gasteiger partial charge in [-0.15, -0.1) is 0 Å². The van der Waals surface area contributed by atoms with Gasteiger partial charge in [0.05, 0.1) is 18.4 Å². The predicted octanol–water partition coefficient (Wildman–Crippen LogP) is 1.72. The highest BCUT2D eigenvalue weighted by molar-refractivity contribution is 9.09. The zero-order valence-corrected chi connectivity index (χ0v) is 11.7. The molecule has 3 heterocycles. The number of fused-ring (bicyclic) bond motifs is 1. The maximum Gasteiger partial charge on any atom is 0.157 e. The second kappa shape index (κ2) is 4.85. The van der Waals surface area contributed by atoms with Crippen LogP contribution in [0.2, 0.25) is 0 Å². The van der Waals surface area contributed by atoms with E-state index in [4.69, 9.17) is 4.74 Å². The van der Waals surface area contributed by atoms with Gasteiger partial charge < -0.3 is 9.64 Å². The summed E-state index contributed by atoms with van der Waals surface area (Å²) in [6.07, 6.45) is 4.15. The van der Waals surface area contributed by atoms with E-state index in [1.54, 1.807) is 10.7 Å².